The minimum Gasteiger partial charge on any atom is -0.289 e. The van der Waals surface area contributed by atoms with Gasteiger partial charge in [-0.2, -0.15) is 0 Å². The molecule has 0 unspecified atom stereocenters. The van der Waals surface area contributed by atoms with Crippen LogP contribution in [0.4, 0.5) is 0 Å². The second-order valence-corrected chi connectivity index (χ2v) is 5.17. The van der Waals surface area contributed by atoms with E-state index in [0.29, 0.717) is 0 Å². The van der Waals surface area contributed by atoms with E-state index in [1.165, 1.54) is 0 Å². The van der Waals surface area contributed by atoms with Crippen LogP contribution in [0.15, 0.2) is 72.3 Å². The molecule has 0 amide bonds. The molecule has 1 aliphatic carbocycles. The molecule has 0 heterocycles. The van der Waals surface area contributed by atoms with Crippen molar-refractivity contribution in [2.45, 2.75) is 12.8 Å². The zero-order valence-corrected chi connectivity index (χ0v) is 11.8. The highest BCUT2D eigenvalue weighted by molar-refractivity contribution is 6.32. The number of allylic oxidation sites excluding steroid dienone is 4. The van der Waals surface area contributed by atoms with E-state index >= 15 is 0 Å². The molecule has 2 aromatic rings. The van der Waals surface area contributed by atoms with Gasteiger partial charge in [0.15, 0.2) is 5.78 Å². The Morgan fingerprint density at radius 2 is 1.48 bits per heavy atom. The summed E-state index contributed by atoms with van der Waals surface area (Å²) in [4.78, 5) is 12.4. The van der Waals surface area contributed by atoms with Gasteiger partial charge < -0.3 is 0 Å². The lowest BCUT2D eigenvalue weighted by Crippen LogP contribution is -2.03. The van der Waals surface area contributed by atoms with E-state index < -0.39 is 0 Å². The van der Waals surface area contributed by atoms with Gasteiger partial charge in [-0.3, -0.25) is 4.79 Å². The Morgan fingerprint density at radius 3 is 2.05 bits per heavy atom. The maximum Gasteiger partial charge on any atom is 0.192 e. The van der Waals surface area contributed by atoms with Crippen LogP contribution in [0.3, 0.4) is 0 Å². The largest absolute Gasteiger partial charge is 0.289 e. The van der Waals surface area contributed by atoms with Crippen LogP contribution in [0.5, 0.6) is 0 Å². The van der Waals surface area contributed by atoms with E-state index in [2.05, 4.69) is 6.08 Å². The first-order valence-electron chi connectivity index (χ1n) is 7.11. The summed E-state index contributed by atoms with van der Waals surface area (Å²) in [5.74, 6) is 0.0924. The topological polar surface area (TPSA) is 17.1 Å². The predicted octanol–water partition coefficient (Wildman–Crippen LogP) is 3.61. The molecule has 0 aliphatic heterocycles. The fraction of sp³-hybridized carbons (Fsp3) is 0.105. The third kappa shape index (κ3) is 3.05. The Morgan fingerprint density at radius 1 is 0.857 bits per heavy atom. The van der Waals surface area contributed by atoms with Crippen LogP contribution in [-0.4, -0.2) is 13.6 Å². The van der Waals surface area contributed by atoms with Gasteiger partial charge in [0.1, 0.15) is 7.85 Å². The van der Waals surface area contributed by atoms with Gasteiger partial charge in [0.05, 0.1) is 0 Å². The molecule has 100 valence electrons. The summed E-state index contributed by atoms with van der Waals surface area (Å²) in [5, 5.41) is 0. The molecular weight excluding hydrogens is 255 g/mol. The molecule has 0 N–H and O–H groups in total. The molecule has 1 aliphatic rings. The number of carbonyl (C=O) groups is 1. The molecule has 2 heteroatoms. The van der Waals surface area contributed by atoms with E-state index in [1.54, 1.807) is 0 Å². The van der Waals surface area contributed by atoms with Crippen molar-refractivity contribution in [2.24, 2.45) is 0 Å². The van der Waals surface area contributed by atoms with Crippen molar-refractivity contribution in [3.8, 4) is 11.1 Å². The molecule has 0 atom stereocenters. The van der Waals surface area contributed by atoms with E-state index in [4.69, 9.17) is 7.85 Å². The van der Waals surface area contributed by atoms with Gasteiger partial charge in [0, 0.05) is 11.1 Å². The van der Waals surface area contributed by atoms with Crippen molar-refractivity contribution < 1.29 is 4.79 Å². The van der Waals surface area contributed by atoms with Crippen molar-refractivity contribution in [3.63, 3.8) is 0 Å². The van der Waals surface area contributed by atoms with Crippen LogP contribution in [0.2, 0.25) is 0 Å². The van der Waals surface area contributed by atoms with E-state index in [0.717, 1.165) is 40.6 Å². The van der Waals surface area contributed by atoms with Crippen molar-refractivity contribution in [1.29, 1.82) is 0 Å². The van der Waals surface area contributed by atoms with Gasteiger partial charge in [0.25, 0.3) is 0 Å². The maximum atomic E-state index is 12.4. The molecule has 2 radical (unpaired) electrons. The average molecular weight is 270 g/mol. The van der Waals surface area contributed by atoms with Gasteiger partial charge in [0.2, 0.25) is 0 Å². The Bertz CT molecular complexity index is 706. The molecule has 0 spiro atoms. The number of ketones is 1. The predicted molar refractivity (Wildman–Crippen MR) is 88.1 cm³/mol. The summed E-state index contributed by atoms with van der Waals surface area (Å²) in [5.41, 5.74) is 4.45. The Kier molecular flexibility index (Phi) is 3.87. The fourth-order valence-corrected chi connectivity index (χ4v) is 2.44. The van der Waals surface area contributed by atoms with Crippen molar-refractivity contribution in [1.82, 2.24) is 0 Å². The lowest BCUT2D eigenvalue weighted by molar-refractivity contribution is 0.103. The van der Waals surface area contributed by atoms with Gasteiger partial charge >= 0.3 is 0 Å². The smallest absolute Gasteiger partial charge is 0.192 e. The number of carbonyl (C=O) groups excluding carboxylic acids is 1. The molecule has 1 nitrogen and oxygen atoms in total. The van der Waals surface area contributed by atoms with Gasteiger partial charge in [-0.1, -0.05) is 72.2 Å². The lowest BCUT2D eigenvalue weighted by atomic mass is 9.93. The summed E-state index contributed by atoms with van der Waals surface area (Å²) < 4.78 is 0. The van der Waals surface area contributed by atoms with Gasteiger partial charge in [-0.15, -0.1) is 0 Å². The molecule has 0 fully saturated rings. The molecule has 2 aromatic carbocycles. The summed E-state index contributed by atoms with van der Waals surface area (Å²) >= 11 is 0. The summed E-state index contributed by atoms with van der Waals surface area (Å²) in [6, 6.07) is 15.5. The van der Waals surface area contributed by atoms with Crippen LogP contribution in [-0.2, 0) is 0 Å². The average Bonchev–Trinajstić information content (AvgIpc) is 2.56. The first-order valence-corrected chi connectivity index (χ1v) is 7.11. The minimum absolute atomic E-state index is 0.0924. The SMILES string of the molecule is [B]c1ccc(-c2ccc(C(=O)C3=CCCC=C3)cc2)cc1. The number of hydrogen-bond acceptors (Lipinski definition) is 1. The lowest BCUT2D eigenvalue weighted by Gasteiger charge is -2.07. The number of hydrogen-bond donors (Lipinski definition) is 0. The number of rotatable bonds is 3. The third-order valence-corrected chi connectivity index (χ3v) is 3.65. The van der Waals surface area contributed by atoms with E-state index in [1.807, 2.05) is 60.7 Å². The quantitative estimate of drug-likeness (QED) is 0.615. The third-order valence-electron chi connectivity index (χ3n) is 3.65. The zero-order chi connectivity index (χ0) is 14.7. The maximum absolute atomic E-state index is 12.4. The van der Waals surface area contributed by atoms with Crippen LogP contribution >= 0.6 is 0 Å². The van der Waals surface area contributed by atoms with Crippen molar-refractivity contribution >= 4 is 19.1 Å². The second kappa shape index (κ2) is 5.96. The first-order chi connectivity index (χ1) is 10.2. The number of benzene rings is 2. The van der Waals surface area contributed by atoms with Crippen LogP contribution in [0.1, 0.15) is 23.2 Å². The fourth-order valence-electron chi connectivity index (χ4n) is 2.44. The molecular formula is C19H15BO. The minimum atomic E-state index is 0.0924. The first kappa shape index (κ1) is 13.6. The highest BCUT2D eigenvalue weighted by Crippen LogP contribution is 2.21. The molecule has 3 rings (SSSR count). The zero-order valence-electron chi connectivity index (χ0n) is 11.8. The molecule has 0 saturated carbocycles. The van der Waals surface area contributed by atoms with Crippen LogP contribution in [0.25, 0.3) is 11.1 Å². The molecule has 21 heavy (non-hydrogen) atoms. The normalized spacial score (nSPS) is 13.8. The van der Waals surface area contributed by atoms with Crippen molar-refractivity contribution in [3.05, 3.63) is 77.9 Å². The summed E-state index contributed by atoms with van der Waals surface area (Å²) in [7, 11) is 5.69. The van der Waals surface area contributed by atoms with Gasteiger partial charge in [-0.05, 0) is 24.0 Å². The number of Topliss-reactive ketones (excluding diaryl/α,β-unsaturated/α-hetero) is 1. The van der Waals surface area contributed by atoms with E-state index in [-0.39, 0.29) is 5.78 Å². The summed E-state index contributed by atoms with van der Waals surface area (Å²) in [6.45, 7) is 0. The standard InChI is InChI=1S/C19H15BO/c20-18-12-10-15(11-13-18)14-6-8-17(9-7-14)19(21)16-4-2-1-3-5-16/h2,4-13H,1,3H2. The highest BCUT2D eigenvalue weighted by atomic mass is 16.1. The molecule has 0 bridgehead atoms. The Hall–Kier alpha value is -2.35. The monoisotopic (exact) mass is 270 g/mol. The van der Waals surface area contributed by atoms with Crippen LogP contribution in [0, 0.1) is 0 Å². The van der Waals surface area contributed by atoms with Crippen molar-refractivity contribution in [2.75, 3.05) is 0 Å². The Labute approximate surface area is 126 Å². The van der Waals surface area contributed by atoms with Gasteiger partial charge in [-0.25, -0.2) is 0 Å². The molecule has 0 saturated heterocycles. The van der Waals surface area contributed by atoms with Crippen LogP contribution < -0.4 is 5.46 Å². The Balaban J connectivity index is 1.84. The summed E-state index contributed by atoms with van der Waals surface area (Å²) in [6.07, 6.45) is 7.94. The van der Waals surface area contributed by atoms with E-state index in [9.17, 15) is 4.79 Å². The second-order valence-electron chi connectivity index (χ2n) is 5.17. The highest BCUT2D eigenvalue weighted by Gasteiger charge is 2.11. The molecule has 0 aromatic heterocycles.